The maximum Gasteiger partial charge on any atom is 0.0132 e. The van der Waals surface area contributed by atoms with Crippen LogP contribution in [0.25, 0.3) is 0 Å². The van der Waals surface area contributed by atoms with E-state index in [1.165, 1.54) is 26.1 Å². The van der Waals surface area contributed by atoms with Crippen molar-refractivity contribution in [1.82, 2.24) is 10.2 Å². The molecule has 1 atom stereocenters. The highest BCUT2D eigenvalue weighted by molar-refractivity contribution is 4.78. The van der Waals surface area contributed by atoms with E-state index in [-0.39, 0.29) is 0 Å². The molecule has 0 saturated carbocycles. The van der Waals surface area contributed by atoms with Crippen LogP contribution in [0.1, 0.15) is 13.3 Å². The Balaban J connectivity index is 2.06. The molecular formula is C10H20N2. The van der Waals surface area contributed by atoms with Gasteiger partial charge in [-0.15, -0.1) is 6.58 Å². The lowest BCUT2D eigenvalue weighted by atomic mass is 10.1. The second kappa shape index (κ2) is 5.33. The lowest BCUT2D eigenvalue weighted by Gasteiger charge is -2.12. The van der Waals surface area contributed by atoms with Gasteiger partial charge in [-0.1, -0.05) is 13.0 Å². The van der Waals surface area contributed by atoms with Gasteiger partial charge in [0.05, 0.1) is 0 Å². The standard InChI is InChI=1S/C10H20N2/c1-3-6-11-8-10-5-7-12(4-2)9-10/h3,10-11H,1,4-9H2,2H3. The molecule has 0 bridgehead atoms. The normalized spacial score (nSPS) is 24.6. The van der Waals surface area contributed by atoms with E-state index in [9.17, 15) is 0 Å². The maximum absolute atomic E-state index is 3.68. The van der Waals surface area contributed by atoms with Crippen LogP contribution in [0.3, 0.4) is 0 Å². The van der Waals surface area contributed by atoms with Crippen LogP contribution in [-0.4, -0.2) is 37.6 Å². The zero-order valence-electron chi connectivity index (χ0n) is 8.05. The molecule has 2 nitrogen and oxygen atoms in total. The average Bonchev–Trinajstić information content (AvgIpc) is 2.53. The summed E-state index contributed by atoms with van der Waals surface area (Å²) < 4.78 is 0. The predicted octanol–water partition coefficient (Wildman–Crippen LogP) is 1.10. The van der Waals surface area contributed by atoms with E-state index in [0.717, 1.165) is 19.0 Å². The minimum absolute atomic E-state index is 0.866. The van der Waals surface area contributed by atoms with Crippen LogP contribution >= 0.6 is 0 Å². The van der Waals surface area contributed by atoms with E-state index < -0.39 is 0 Å². The van der Waals surface area contributed by atoms with Crippen LogP contribution in [0.5, 0.6) is 0 Å². The monoisotopic (exact) mass is 168 g/mol. The van der Waals surface area contributed by atoms with Gasteiger partial charge in [-0.05, 0) is 32.0 Å². The molecule has 0 aromatic rings. The third-order valence-corrected chi connectivity index (χ3v) is 2.54. The van der Waals surface area contributed by atoms with Crippen LogP contribution in [-0.2, 0) is 0 Å². The average molecular weight is 168 g/mol. The molecule has 0 aromatic heterocycles. The Morgan fingerprint density at radius 2 is 2.50 bits per heavy atom. The Kier molecular flexibility index (Phi) is 4.33. The van der Waals surface area contributed by atoms with E-state index in [1.54, 1.807) is 0 Å². The molecule has 1 saturated heterocycles. The van der Waals surface area contributed by atoms with Crippen molar-refractivity contribution >= 4 is 0 Å². The van der Waals surface area contributed by atoms with Gasteiger partial charge in [-0.2, -0.15) is 0 Å². The number of nitrogens with one attached hydrogen (secondary N) is 1. The smallest absolute Gasteiger partial charge is 0.0132 e. The van der Waals surface area contributed by atoms with Crippen molar-refractivity contribution in [1.29, 1.82) is 0 Å². The summed E-state index contributed by atoms with van der Waals surface area (Å²) in [5.74, 6) is 0.866. The highest BCUT2D eigenvalue weighted by Crippen LogP contribution is 2.14. The molecule has 1 aliphatic heterocycles. The lowest BCUT2D eigenvalue weighted by molar-refractivity contribution is 0.340. The topological polar surface area (TPSA) is 15.3 Å². The summed E-state index contributed by atoms with van der Waals surface area (Å²) in [4.78, 5) is 2.51. The molecule has 0 radical (unpaired) electrons. The Hall–Kier alpha value is -0.340. The molecule has 0 aromatic carbocycles. The molecule has 1 rings (SSSR count). The van der Waals surface area contributed by atoms with Gasteiger partial charge >= 0.3 is 0 Å². The van der Waals surface area contributed by atoms with Gasteiger partial charge in [-0.3, -0.25) is 0 Å². The zero-order valence-corrected chi connectivity index (χ0v) is 8.05. The second-order valence-corrected chi connectivity index (χ2v) is 3.49. The number of likely N-dealkylation sites (tertiary alicyclic amines) is 1. The van der Waals surface area contributed by atoms with Crippen LogP contribution in [0, 0.1) is 5.92 Å². The summed E-state index contributed by atoms with van der Waals surface area (Å²) in [5.41, 5.74) is 0. The minimum Gasteiger partial charge on any atom is -0.313 e. The summed E-state index contributed by atoms with van der Waals surface area (Å²) in [7, 11) is 0. The fraction of sp³-hybridized carbons (Fsp3) is 0.800. The fourth-order valence-corrected chi connectivity index (χ4v) is 1.76. The van der Waals surface area contributed by atoms with Crippen molar-refractivity contribution < 1.29 is 0 Å². The second-order valence-electron chi connectivity index (χ2n) is 3.49. The van der Waals surface area contributed by atoms with Gasteiger partial charge in [0.1, 0.15) is 0 Å². The first-order valence-electron chi connectivity index (χ1n) is 4.90. The highest BCUT2D eigenvalue weighted by atomic mass is 15.1. The largest absolute Gasteiger partial charge is 0.313 e. The Morgan fingerprint density at radius 3 is 3.08 bits per heavy atom. The quantitative estimate of drug-likeness (QED) is 0.488. The first-order valence-corrected chi connectivity index (χ1v) is 4.90. The Labute approximate surface area is 75.6 Å². The third-order valence-electron chi connectivity index (χ3n) is 2.54. The van der Waals surface area contributed by atoms with E-state index >= 15 is 0 Å². The molecule has 0 amide bonds. The van der Waals surface area contributed by atoms with E-state index in [4.69, 9.17) is 0 Å². The summed E-state index contributed by atoms with van der Waals surface area (Å²) in [6.07, 6.45) is 3.28. The van der Waals surface area contributed by atoms with Crippen molar-refractivity contribution in [3.05, 3.63) is 12.7 Å². The van der Waals surface area contributed by atoms with Gasteiger partial charge in [0.25, 0.3) is 0 Å². The number of hydrogen-bond acceptors (Lipinski definition) is 2. The van der Waals surface area contributed by atoms with Crippen molar-refractivity contribution in [2.45, 2.75) is 13.3 Å². The third kappa shape index (κ3) is 2.95. The molecule has 70 valence electrons. The van der Waals surface area contributed by atoms with E-state index in [0.29, 0.717) is 0 Å². The van der Waals surface area contributed by atoms with Gasteiger partial charge in [0.2, 0.25) is 0 Å². The molecule has 0 spiro atoms. The van der Waals surface area contributed by atoms with E-state index in [1.807, 2.05) is 6.08 Å². The molecular weight excluding hydrogens is 148 g/mol. The molecule has 1 fully saturated rings. The first kappa shape index (κ1) is 9.75. The number of nitrogens with zero attached hydrogens (tertiary/aromatic N) is 1. The lowest BCUT2D eigenvalue weighted by Crippen LogP contribution is -2.26. The number of rotatable bonds is 5. The first-order chi connectivity index (χ1) is 5.86. The fourth-order valence-electron chi connectivity index (χ4n) is 1.76. The molecule has 1 aliphatic rings. The van der Waals surface area contributed by atoms with Gasteiger partial charge in [0.15, 0.2) is 0 Å². The van der Waals surface area contributed by atoms with Crippen LogP contribution < -0.4 is 5.32 Å². The highest BCUT2D eigenvalue weighted by Gasteiger charge is 2.19. The molecule has 1 unspecified atom stereocenters. The van der Waals surface area contributed by atoms with E-state index in [2.05, 4.69) is 23.7 Å². The summed E-state index contributed by atoms with van der Waals surface area (Å²) in [6, 6.07) is 0. The summed E-state index contributed by atoms with van der Waals surface area (Å²) in [5, 5.41) is 3.38. The Bertz CT molecular complexity index is 134. The minimum atomic E-state index is 0.866. The van der Waals surface area contributed by atoms with Crippen LogP contribution in [0.4, 0.5) is 0 Å². The molecule has 0 aliphatic carbocycles. The van der Waals surface area contributed by atoms with Gasteiger partial charge < -0.3 is 10.2 Å². The zero-order chi connectivity index (χ0) is 8.81. The van der Waals surface area contributed by atoms with Crippen molar-refractivity contribution in [3.63, 3.8) is 0 Å². The molecule has 1 heterocycles. The summed E-state index contributed by atoms with van der Waals surface area (Å²) >= 11 is 0. The predicted molar refractivity (Wildman–Crippen MR) is 53.3 cm³/mol. The molecule has 2 heteroatoms. The maximum atomic E-state index is 3.68. The van der Waals surface area contributed by atoms with Crippen LogP contribution in [0.15, 0.2) is 12.7 Å². The number of hydrogen-bond donors (Lipinski definition) is 1. The Morgan fingerprint density at radius 1 is 1.67 bits per heavy atom. The summed E-state index contributed by atoms with van der Waals surface area (Å²) in [6.45, 7) is 11.8. The van der Waals surface area contributed by atoms with Crippen LogP contribution in [0.2, 0.25) is 0 Å². The SMILES string of the molecule is C=CCNCC1CCN(CC)C1. The molecule has 12 heavy (non-hydrogen) atoms. The van der Waals surface area contributed by atoms with Gasteiger partial charge in [-0.25, -0.2) is 0 Å². The molecule has 1 N–H and O–H groups in total. The van der Waals surface area contributed by atoms with Gasteiger partial charge in [0, 0.05) is 13.1 Å². The van der Waals surface area contributed by atoms with Crippen molar-refractivity contribution in [3.8, 4) is 0 Å². The van der Waals surface area contributed by atoms with Crippen molar-refractivity contribution in [2.24, 2.45) is 5.92 Å². The van der Waals surface area contributed by atoms with Crippen molar-refractivity contribution in [2.75, 3.05) is 32.7 Å².